The van der Waals surface area contributed by atoms with Gasteiger partial charge in [-0.25, -0.2) is 9.78 Å². The van der Waals surface area contributed by atoms with Crippen LogP contribution in [0.2, 0.25) is 0 Å². The largest absolute Gasteiger partial charge is 0.469 e. The van der Waals surface area contributed by atoms with E-state index in [4.69, 9.17) is 0 Å². The van der Waals surface area contributed by atoms with Gasteiger partial charge in [-0.1, -0.05) is 31.0 Å². The fraction of sp³-hybridized carbons (Fsp3) is 0.588. The van der Waals surface area contributed by atoms with Crippen LogP contribution in [0.1, 0.15) is 44.7 Å². The maximum absolute atomic E-state index is 12.2. The first kappa shape index (κ1) is 20.9. The maximum atomic E-state index is 12.2. The van der Waals surface area contributed by atoms with Crippen molar-refractivity contribution in [3.8, 4) is 0 Å². The highest BCUT2D eigenvalue weighted by Gasteiger charge is 2.21. The number of hydrogen-bond donors (Lipinski definition) is 3. The molecule has 148 valence electrons. The number of esters is 1. The Morgan fingerprint density at radius 1 is 1.33 bits per heavy atom. The topological polar surface area (TPSA) is 130 Å². The summed E-state index contributed by atoms with van der Waals surface area (Å²) in [5, 5.41) is 4.65. The molecule has 1 atom stereocenters. The SMILES string of the molecule is COC(=O)Cc1cc(=O)[nH]c(S[C@H](C)C(=O)NC(=O)NC2CCCCC2)n1. The molecule has 0 aromatic carbocycles. The summed E-state index contributed by atoms with van der Waals surface area (Å²) in [5.41, 5.74) is -0.190. The molecule has 1 aromatic heterocycles. The van der Waals surface area contributed by atoms with E-state index < -0.39 is 28.7 Å². The minimum absolute atomic E-state index is 0.0996. The molecule has 2 rings (SSSR count). The zero-order valence-electron chi connectivity index (χ0n) is 15.4. The Bertz CT molecular complexity index is 745. The number of thioether (sulfide) groups is 1. The third kappa shape index (κ3) is 7.05. The quantitative estimate of drug-likeness (QED) is 0.373. The van der Waals surface area contributed by atoms with Crippen molar-refractivity contribution in [1.29, 1.82) is 0 Å². The number of aromatic amines is 1. The summed E-state index contributed by atoms with van der Waals surface area (Å²) in [6.45, 7) is 1.60. The van der Waals surface area contributed by atoms with E-state index >= 15 is 0 Å². The van der Waals surface area contributed by atoms with E-state index in [1.54, 1.807) is 6.92 Å². The molecular formula is C17H24N4O5S. The van der Waals surface area contributed by atoms with Crippen LogP contribution in [-0.4, -0.2) is 46.3 Å². The van der Waals surface area contributed by atoms with Crippen LogP contribution in [0.15, 0.2) is 16.0 Å². The summed E-state index contributed by atoms with van der Waals surface area (Å²) in [5.74, 6) is -1.01. The number of rotatable bonds is 6. The first-order valence-corrected chi connectivity index (χ1v) is 9.70. The number of imide groups is 1. The first-order valence-electron chi connectivity index (χ1n) is 8.82. The predicted octanol–water partition coefficient (Wildman–Crippen LogP) is 1.12. The van der Waals surface area contributed by atoms with Crippen molar-refractivity contribution < 1.29 is 19.1 Å². The lowest BCUT2D eigenvalue weighted by atomic mass is 9.96. The Kier molecular flexibility index (Phi) is 7.83. The molecule has 10 heteroatoms. The summed E-state index contributed by atoms with van der Waals surface area (Å²) >= 11 is 0.992. The number of nitrogens with one attached hydrogen (secondary N) is 3. The number of methoxy groups -OCH3 is 1. The van der Waals surface area contributed by atoms with Crippen LogP contribution in [-0.2, 0) is 20.7 Å². The van der Waals surface area contributed by atoms with Gasteiger partial charge in [0.15, 0.2) is 5.16 Å². The molecule has 1 aliphatic carbocycles. The van der Waals surface area contributed by atoms with Gasteiger partial charge in [-0.2, -0.15) is 0 Å². The van der Waals surface area contributed by atoms with Gasteiger partial charge in [-0.05, 0) is 19.8 Å². The number of amides is 3. The lowest BCUT2D eigenvalue weighted by Gasteiger charge is -2.23. The van der Waals surface area contributed by atoms with Gasteiger partial charge in [0.2, 0.25) is 5.91 Å². The number of urea groups is 1. The molecule has 9 nitrogen and oxygen atoms in total. The standard InChI is InChI=1S/C17H24N4O5S/c1-10(15(24)21-16(25)18-11-6-4-3-5-7-11)27-17-19-12(8-13(22)20-17)9-14(23)26-2/h8,10-11H,3-7,9H2,1-2H3,(H,19,20,22)(H2,18,21,24,25)/t10-/m1/s1. The molecule has 0 spiro atoms. The minimum atomic E-state index is -0.668. The smallest absolute Gasteiger partial charge is 0.321 e. The number of aromatic nitrogens is 2. The van der Waals surface area contributed by atoms with E-state index in [0.717, 1.165) is 37.4 Å². The second kappa shape index (κ2) is 10.1. The molecule has 0 unspecified atom stereocenters. The first-order chi connectivity index (χ1) is 12.9. The molecular weight excluding hydrogens is 372 g/mol. The average molecular weight is 396 g/mol. The van der Waals surface area contributed by atoms with Crippen molar-refractivity contribution in [3.63, 3.8) is 0 Å². The van der Waals surface area contributed by atoms with Gasteiger partial charge < -0.3 is 15.0 Å². The molecule has 0 aliphatic heterocycles. The van der Waals surface area contributed by atoms with Crippen LogP contribution in [0.5, 0.6) is 0 Å². The van der Waals surface area contributed by atoms with Crippen molar-refractivity contribution in [2.24, 2.45) is 0 Å². The fourth-order valence-corrected chi connectivity index (χ4v) is 3.58. The zero-order chi connectivity index (χ0) is 19.8. The molecule has 1 aromatic rings. The summed E-state index contributed by atoms with van der Waals surface area (Å²) < 4.78 is 4.55. The number of ether oxygens (including phenoxy) is 1. The Balaban J connectivity index is 1.90. The monoisotopic (exact) mass is 396 g/mol. The van der Waals surface area contributed by atoms with Crippen LogP contribution < -0.4 is 16.2 Å². The van der Waals surface area contributed by atoms with E-state index in [9.17, 15) is 19.2 Å². The summed E-state index contributed by atoms with van der Waals surface area (Å²) in [6, 6.07) is 0.784. The second-order valence-corrected chi connectivity index (χ2v) is 7.68. The molecule has 3 amide bonds. The van der Waals surface area contributed by atoms with Gasteiger partial charge in [0.05, 0.1) is 24.5 Å². The van der Waals surface area contributed by atoms with Gasteiger partial charge in [0, 0.05) is 12.1 Å². The predicted molar refractivity (Wildman–Crippen MR) is 99.4 cm³/mol. The van der Waals surface area contributed by atoms with Crippen molar-refractivity contribution in [3.05, 3.63) is 22.1 Å². The van der Waals surface area contributed by atoms with Crippen molar-refractivity contribution >= 4 is 29.7 Å². The third-order valence-electron chi connectivity index (χ3n) is 4.16. The fourth-order valence-electron chi connectivity index (χ4n) is 2.75. The summed E-state index contributed by atoms with van der Waals surface area (Å²) in [4.78, 5) is 53.9. The molecule has 1 fully saturated rings. The van der Waals surface area contributed by atoms with Gasteiger partial charge >= 0.3 is 12.0 Å². The highest BCUT2D eigenvalue weighted by molar-refractivity contribution is 8.00. The van der Waals surface area contributed by atoms with Crippen LogP contribution >= 0.6 is 11.8 Å². The molecule has 27 heavy (non-hydrogen) atoms. The van der Waals surface area contributed by atoms with Crippen molar-refractivity contribution in [2.45, 2.75) is 61.9 Å². The summed E-state index contributed by atoms with van der Waals surface area (Å²) in [6.07, 6.45) is 5.03. The van der Waals surface area contributed by atoms with E-state index in [1.807, 2.05) is 0 Å². The van der Waals surface area contributed by atoms with Crippen molar-refractivity contribution in [1.82, 2.24) is 20.6 Å². The van der Waals surface area contributed by atoms with E-state index in [2.05, 4.69) is 25.3 Å². The number of carbonyl (C=O) groups excluding carboxylic acids is 3. The molecule has 1 aliphatic rings. The number of carbonyl (C=O) groups is 3. The molecule has 0 bridgehead atoms. The molecule has 0 radical (unpaired) electrons. The lowest BCUT2D eigenvalue weighted by molar-refractivity contribution is -0.139. The van der Waals surface area contributed by atoms with E-state index in [1.165, 1.54) is 19.6 Å². The van der Waals surface area contributed by atoms with Crippen LogP contribution in [0.3, 0.4) is 0 Å². The molecule has 1 heterocycles. The van der Waals surface area contributed by atoms with Gasteiger partial charge in [-0.3, -0.25) is 19.7 Å². The minimum Gasteiger partial charge on any atom is -0.469 e. The van der Waals surface area contributed by atoms with Crippen LogP contribution in [0.4, 0.5) is 4.79 Å². The van der Waals surface area contributed by atoms with Crippen LogP contribution in [0, 0.1) is 0 Å². The number of hydrogen-bond acceptors (Lipinski definition) is 7. The van der Waals surface area contributed by atoms with E-state index in [0.29, 0.717) is 0 Å². The normalized spacial score (nSPS) is 15.6. The van der Waals surface area contributed by atoms with Gasteiger partial charge in [-0.15, -0.1) is 0 Å². The Morgan fingerprint density at radius 3 is 2.70 bits per heavy atom. The maximum Gasteiger partial charge on any atom is 0.321 e. The molecule has 3 N–H and O–H groups in total. The third-order valence-corrected chi connectivity index (χ3v) is 5.15. The second-order valence-electron chi connectivity index (χ2n) is 6.35. The Labute approximate surface area is 161 Å². The molecule has 1 saturated carbocycles. The lowest BCUT2D eigenvalue weighted by Crippen LogP contribution is -2.47. The number of H-pyrrole nitrogens is 1. The molecule has 0 saturated heterocycles. The van der Waals surface area contributed by atoms with E-state index in [-0.39, 0.29) is 23.3 Å². The van der Waals surface area contributed by atoms with Crippen molar-refractivity contribution in [2.75, 3.05) is 7.11 Å². The van der Waals surface area contributed by atoms with Gasteiger partial charge in [0.25, 0.3) is 5.56 Å². The Morgan fingerprint density at radius 2 is 2.04 bits per heavy atom. The summed E-state index contributed by atoms with van der Waals surface area (Å²) in [7, 11) is 1.25. The van der Waals surface area contributed by atoms with Gasteiger partial charge in [0.1, 0.15) is 0 Å². The van der Waals surface area contributed by atoms with Crippen LogP contribution in [0.25, 0.3) is 0 Å². The highest BCUT2D eigenvalue weighted by Crippen LogP contribution is 2.19. The zero-order valence-corrected chi connectivity index (χ0v) is 16.2. The number of nitrogens with zero attached hydrogens (tertiary/aromatic N) is 1. The highest BCUT2D eigenvalue weighted by atomic mass is 32.2. The Hall–Kier alpha value is -2.36. The average Bonchev–Trinajstić information content (AvgIpc) is 2.61.